The van der Waals surface area contributed by atoms with Crippen LogP contribution in [0.1, 0.15) is 0 Å². The second-order valence-corrected chi connectivity index (χ2v) is 0. The van der Waals surface area contributed by atoms with Crippen LogP contribution >= 0.6 is 0 Å². The van der Waals surface area contributed by atoms with Gasteiger partial charge in [-0.2, -0.15) is 0 Å². The van der Waals surface area contributed by atoms with E-state index in [2.05, 4.69) is 0 Å². The van der Waals surface area contributed by atoms with Crippen LogP contribution < -0.4 is 119 Å². The van der Waals surface area contributed by atoms with E-state index >= 15 is 0 Å². The SMILES string of the molecule is [Br-].[Br-].[Br-].[Br-].[Br-].[Br-].[Br-].[O-2].[O-2].[O-2].[O-2].[O-2].[O-2].[O-2].[Tc+7].[Tc+7].[Tc+7]. The number of halogens is 7. The maximum absolute atomic E-state index is 0. The zero-order valence-corrected chi connectivity index (χ0v) is 23.3. The Bertz CT molecular complexity index is 25.4. The molecular weight excluding hydrogens is 965 g/mol. The molecular formula is Br7O7Tc3. The summed E-state index contributed by atoms with van der Waals surface area (Å²) in [6.07, 6.45) is 0. The summed E-state index contributed by atoms with van der Waals surface area (Å²) in [6.45, 7) is 0. The number of hydrogen-bond acceptors (Lipinski definition) is 0. The minimum atomic E-state index is 0. The molecule has 17 heteroatoms. The number of rotatable bonds is 0. The standard InChI is InChI=1S/7BrH.7O.3Tc/h7*1H;;;;;;;;;;/q;;;;;;;7*-2;3*+7/p-7. The molecule has 0 rings (SSSR count). The largest absolute Gasteiger partial charge is 7.00 e. The van der Waals surface area contributed by atoms with Gasteiger partial charge in [-0.25, -0.2) is 0 Å². The fourth-order valence-corrected chi connectivity index (χ4v) is 0. The molecule has 0 unspecified atom stereocenters. The van der Waals surface area contributed by atoms with Crippen LogP contribution in [0, 0.1) is 0 Å². The first kappa shape index (κ1) is 385. The van der Waals surface area contributed by atoms with Gasteiger partial charge >= 0.3 is 60.3 Å². The van der Waals surface area contributed by atoms with E-state index in [-0.39, 0.29) is 218 Å². The molecule has 0 fully saturated rings. The van der Waals surface area contributed by atoms with Crippen molar-refractivity contribution < 1.29 is 218 Å². The average Bonchev–Trinajstić information content (AvgIpc) is 0. The summed E-state index contributed by atoms with van der Waals surface area (Å²) in [6, 6.07) is 0. The summed E-state index contributed by atoms with van der Waals surface area (Å²) in [5, 5.41) is 0. The average molecular weight is 965 g/mol. The Hall–Kier alpha value is 5.03. The van der Waals surface area contributed by atoms with Gasteiger partial charge in [-0.3, -0.25) is 0 Å². The molecule has 112 valence electrons. The molecule has 0 N–H and O–H groups in total. The third kappa shape index (κ3) is 301. The Balaban J connectivity index is 0. The molecule has 0 saturated carbocycles. The maximum Gasteiger partial charge on any atom is 7.00 e. The van der Waals surface area contributed by atoms with Gasteiger partial charge in [0.2, 0.25) is 0 Å². The third-order valence-electron chi connectivity index (χ3n) is 0. The van der Waals surface area contributed by atoms with Gasteiger partial charge in [0.15, 0.2) is 0 Å². The Kier molecular flexibility index (Phi) is 7560. The normalized spacial score (nSPS) is 0. The van der Waals surface area contributed by atoms with Gasteiger partial charge in [-0.05, 0) is 0 Å². The molecule has 0 aliphatic carbocycles. The van der Waals surface area contributed by atoms with Crippen molar-refractivity contribution in [2.45, 2.75) is 0 Å². The van der Waals surface area contributed by atoms with E-state index in [9.17, 15) is 0 Å². The van der Waals surface area contributed by atoms with E-state index in [0.717, 1.165) is 0 Å². The fourth-order valence-electron chi connectivity index (χ4n) is 0. The van der Waals surface area contributed by atoms with Crippen molar-refractivity contribution in [2.75, 3.05) is 0 Å². The van der Waals surface area contributed by atoms with Crippen LogP contribution in [-0.4, -0.2) is 0 Å². The minimum Gasteiger partial charge on any atom is -2.00 e. The van der Waals surface area contributed by atoms with E-state index in [1.165, 1.54) is 0 Å². The summed E-state index contributed by atoms with van der Waals surface area (Å²) < 4.78 is 0. The van der Waals surface area contributed by atoms with Gasteiger partial charge in [0.1, 0.15) is 0 Å². The van der Waals surface area contributed by atoms with Crippen molar-refractivity contribution >= 4 is 0 Å². The van der Waals surface area contributed by atoms with E-state index in [1.807, 2.05) is 0 Å². The van der Waals surface area contributed by atoms with Crippen molar-refractivity contribution in [3.8, 4) is 0 Å². The second-order valence-electron chi connectivity index (χ2n) is 0. The summed E-state index contributed by atoms with van der Waals surface area (Å²) in [7, 11) is 0. The molecule has 0 aromatic heterocycles. The molecule has 0 heterocycles. The maximum atomic E-state index is 0. The Morgan fingerprint density at radius 2 is 0.176 bits per heavy atom. The predicted octanol–water partition coefficient (Wildman–Crippen LogP) is -21.8. The molecule has 0 aliphatic rings. The van der Waals surface area contributed by atoms with Gasteiger partial charge in [-0.15, -0.1) is 0 Å². The molecule has 0 atom stereocenters. The van der Waals surface area contributed by atoms with Gasteiger partial charge in [0.05, 0.1) is 0 Å². The number of hydrogen-bond donors (Lipinski definition) is 0. The first-order valence-electron chi connectivity index (χ1n) is 0. The molecule has 0 saturated heterocycles. The van der Waals surface area contributed by atoms with E-state index in [1.54, 1.807) is 0 Å². The Labute approximate surface area is 214 Å². The smallest absolute Gasteiger partial charge is 2.00 e. The molecule has 7 nitrogen and oxygen atoms in total. The van der Waals surface area contributed by atoms with Gasteiger partial charge in [-0.1, -0.05) is 0 Å². The molecule has 0 bridgehead atoms. The van der Waals surface area contributed by atoms with Crippen LogP contribution in [0.3, 0.4) is 0 Å². The van der Waals surface area contributed by atoms with E-state index in [0.29, 0.717) is 0 Å². The van der Waals surface area contributed by atoms with Crippen LogP contribution in [0.4, 0.5) is 0 Å². The summed E-state index contributed by atoms with van der Waals surface area (Å²) in [5.74, 6) is 0. The zero-order chi connectivity index (χ0) is 0. The van der Waals surface area contributed by atoms with Crippen molar-refractivity contribution in [1.82, 2.24) is 0 Å². The molecule has 0 amide bonds. The summed E-state index contributed by atoms with van der Waals surface area (Å²) >= 11 is 0. The van der Waals surface area contributed by atoms with Crippen molar-refractivity contribution in [3.63, 3.8) is 0 Å². The topological polar surface area (TPSA) is 200 Å². The molecule has 0 spiro atoms. The monoisotopic (exact) mass is 955 g/mol. The summed E-state index contributed by atoms with van der Waals surface area (Å²) in [5.41, 5.74) is 0. The van der Waals surface area contributed by atoms with Gasteiger partial charge < -0.3 is 157 Å². The Morgan fingerprint density at radius 1 is 0.176 bits per heavy atom. The molecule has 0 aromatic carbocycles. The molecule has 0 aliphatic heterocycles. The van der Waals surface area contributed by atoms with Crippen molar-refractivity contribution in [3.05, 3.63) is 0 Å². The second kappa shape index (κ2) is 334. The van der Waals surface area contributed by atoms with E-state index < -0.39 is 0 Å². The molecule has 0 radical (unpaired) electrons. The predicted molar refractivity (Wildman–Crippen MR) is 4.81 cm³/mol. The van der Waals surface area contributed by atoms with Crippen LogP contribution in [0.5, 0.6) is 0 Å². The van der Waals surface area contributed by atoms with Crippen LogP contribution in [0.25, 0.3) is 0 Å². The zero-order valence-electron chi connectivity index (χ0n) is 6.64. The van der Waals surface area contributed by atoms with Gasteiger partial charge in [0.25, 0.3) is 0 Å². The quantitative estimate of drug-likeness (QED) is 0.223. The van der Waals surface area contributed by atoms with Crippen molar-refractivity contribution in [1.29, 1.82) is 0 Å². The van der Waals surface area contributed by atoms with Crippen molar-refractivity contribution in [2.24, 2.45) is 0 Å². The first-order valence-corrected chi connectivity index (χ1v) is 0. The first-order chi connectivity index (χ1) is 0. The Morgan fingerprint density at radius 3 is 0.176 bits per heavy atom. The van der Waals surface area contributed by atoms with Crippen LogP contribution in [0.15, 0.2) is 0 Å². The minimum absolute atomic E-state index is 0. The van der Waals surface area contributed by atoms with Crippen LogP contribution in [-0.2, 0) is 98.6 Å². The third-order valence-corrected chi connectivity index (χ3v) is 0. The molecule has 17 heavy (non-hydrogen) atoms. The summed E-state index contributed by atoms with van der Waals surface area (Å²) in [4.78, 5) is 0. The van der Waals surface area contributed by atoms with Crippen LogP contribution in [0.2, 0.25) is 0 Å². The fraction of sp³-hybridized carbons (Fsp3) is 0. The molecule has 0 aromatic rings. The van der Waals surface area contributed by atoms with E-state index in [4.69, 9.17) is 0 Å². The van der Waals surface area contributed by atoms with Gasteiger partial charge in [0, 0.05) is 0 Å².